The van der Waals surface area contributed by atoms with Gasteiger partial charge in [-0.05, 0) is 80.6 Å². The fourth-order valence-corrected chi connectivity index (χ4v) is 6.93. The third-order valence-electron chi connectivity index (χ3n) is 9.44. The first-order valence-corrected chi connectivity index (χ1v) is 17.0. The van der Waals surface area contributed by atoms with E-state index in [4.69, 9.17) is 9.97 Å². The average molecular weight is 637 g/mol. The van der Waals surface area contributed by atoms with Crippen molar-refractivity contribution in [2.24, 2.45) is 0 Å². The zero-order valence-electron chi connectivity index (χ0n) is 27.4. The summed E-state index contributed by atoms with van der Waals surface area (Å²) in [6.07, 6.45) is 0. The van der Waals surface area contributed by atoms with Crippen molar-refractivity contribution in [3.8, 4) is 67.2 Å². The van der Waals surface area contributed by atoms with E-state index in [2.05, 4.69) is 182 Å². The molecule has 0 spiro atoms. The Morgan fingerprint density at radius 1 is 0.280 bits per heavy atom. The number of rotatable bonds is 6. The summed E-state index contributed by atoms with van der Waals surface area (Å²) in [5.74, 6) is 0. The molecule has 9 aromatic rings. The molecule has 0 aliphatic carbocycles. The molecule has 0 amide bonds. The predicted octanol–water partition coefficient (Wildman–Crippen LogP) is 12.8. The molecule has 234 valence electrons. The zero-order valence-corrected chi connectivity index (χ0v) is 27.4. The lowest BCUT2D eigenvalue weighted by molar-refractivity contribution is 1.32. The van der Waals surface area contributed by atoms with E-state index < -0.39 is 0 Å². The van der Waals surface area contributed by atoms with Crippen molar-refractivity contribution in [1.29, 1.82) is 0 Å². The molecule has 0 radical (unpaired) electrons. The van der Waals surface area contributed by atoms with Gasteiger partial charge in [-0.3, -0.25) is 0 Å². The molecule has 50 heavy (non-hydrogen) atoms. The first-order valence-electron chi connectivity index (χ1n) is 17.0. The minimum atomic E-state index is 0.941. The predicted molar refractivity (Wildman–Crippen MR) is 210 cm³/mol. The lowest BCUT2D eigenvalue weighted by atomic mass is 9.92. The van der Waals surface area contributed by atoms with Crippen LogP contribution in [0.25, 0.3) is 88.8 Å². The number of pyridine rings is 2. The standard InChI is InChI=1S/C48H32N2/c1-5-14-33(15-6-1)38-22-13-23-40(28-38)46-31-41(30-45(50-46)36-18-9-3-10-19-36)39-25-24-35-26-27-44-48(42(35)29-39)43(34-16-7-2-8-17-34)32-47(49-44)37-20-11-4-12-21-37/h1-32H. The van der Waals surface area contributed by atoms with Crippen LogP contribution in [-0.2, 0) is 0 Å². The molecular formula is C48H32N2. The monoisotopic (exact) mass is 636 g/mol. The smallest absolute Gasteiger partial charge is 0.0722 e. The Bertz CT molecular complexity index is 2610. The van der Waals surface area contributed by atoms with Gasteiger partial charge in [0, 0.05) is 22.1 Å². The molecule has 2 nitrogen and oxygen atoms in total. The maximum Gasteiger partial charge on any atom is 0.0722 e. The maximum absolute atomic E-state index is 5.23. The second kappa shape index (κ2) is 12.8. The van der Waals surface area contributed by atoms with Crippen molar-refractivity contribution in [3.05, 3.63) is 194 Å². The molecule has 0 bridgehead atoms. The number of fused-ring (bicyclic) bond motifs is 3. The molecule has 7 aromatic carbocycles. The zero-order chi connectivity index (χ0) is 33.3. The van der Waals surface area contributed by atoms with E-state index in [9.17, 15) is 0 Å². The molecule has 0 N–H and O–H groups in total. The first-order chi connectivity index (χ1) is 24.8. The average Bonchev–Trinajstić information content (AvgIpc) is 3.21. The van der Waals surface area contributed by atoms with Crippen LogP contribution in [0, 0.1) is 0 Å². The molecule has 0 fully saturated rings. The van der Waals surface area contributed by atoms with Gasteiger partial charge >= 0.3 is 0 Å². The van der Waals surface area contributed by atoms with Gasteiger partial charge in [-0.2, -0.15) is 0 Å². The van der Waals surface area contributed by atoms with Crippen LogP contribution in [0.3, 0.4) is 0 Å². The highest BCUT2D eigenvalue weighted by Crippen LogP contribution is 2.39. The molecule has 0 saturated carbocycles. The fourth-order valence-electron chi connectivity index (χ4n) is 6.93. The van der Waals surface area contributed by atoms with Gasteiger partial charge in [0.25, 0.3) is 0 Å². The lowest BCUT2D eigenvalue weighted by Gasteiger charge is -2.15. The summed E-state index contributed by atoms with van der Waals surface area (Å²) < 4.78 is 0. The van der Waals surface area contributed by atoms with E-state index in [-0.39, 0.29) is 0 Å². The molecule has 0 aliphatic heterocycles. The Morgan fingerprint density at radius 2 is 0.780 bits per heavy atom. The Morgan fingerprint density at radius 3 is 1.44 bits per heavy atom. The van der Waals surface area contributed by atoms with Crippen molar-refractivity contribution in [2.75, 3.05) is 0 Å². The van der Waals surface area contributed by atoms with Crippen LogP contribution in [0.15, 0.2) is 194 Å². The quantitative estimate of drug-likeness (QED) is 0.170. The van der Waals surface area contributed by atoms with E-state index in [1.54, 1.807) is 0 Å². The second-order valence-corrected chi connectivity index (χ2v) is 12.6. The van der Waals surface area contributed by atoms with Gasteiger partial charge in [-0.1, -0.05) is 158 Å². The summed E-state index contributed by atoms with van der Waals surface area (Å²) in [4.78, 5) is 10.4. The highest BCUT2D eigenvalue weighted by Gasteiger charge is 2.15. The third-order valence-corrected chi connectivity index (χ3v) is 9.44. The van der Waals surface area contributed by atoms with E-state index >= 15 is 0 Å². The van der Waals surface area contributed by atoms with Gasteiger partial charge in [-0.25, -0.2) is 9.97 Å². The molecular weight excluding hydrogens is 605 g/mol. The van der Waals surface area contributed by atoms with E-state index in [1.807, 2.05) is 12.1 Å². The van der Waals surface area contributed by atoms with Crippen LogP contribution in [0.1, 0.15) is 0 Å². The Kier molecular flexibility index (Phi) is 7.53. The van der Waals surface area contributed by atoms with Crippen LogP contribution in [-0.4, -0.2) is 9.97 Å². The topological polar surface area (TPSA) is 25.8 Å². The van der Waals surface area contributed by atoms with E-state index in [0.29, 0.717) is 0 Å². The Hall–Kier alpha value is -6.64. The summed E-state index contributed by atoms with van der Waals surface area (Å²) in [7, 11) is 0. The van der Waals surface area contributed by atoms with Gasteiger partial charge in [0.15, 0.2) is 0 Å². The Labute approximate surface area is 292 Å². The van der Waals surface area contributed by atoms with Crippen molar-refractivity contribution < 1.29 is 0 Å². The van der Waals surface area contributed by atoms with Gasteiger partial charge in [0.1, 0.15) is 0 Å². The van der Waals surface area contributed by atoms with Crippen molar-refractivity contribution in [1.82, 2.24) is 9.97 Å². The summed E-state index contributed by atoms with van der Waals surface area (Å²) in [6.45, 7) is 0. The largest absolute Gasteiger partial charge is 0.248 e. The Balaban J connectivity index is 1.26. The summed E-state index contributed by atoms with van der Waals surface area (Å²) >= 11 is 0. The third kappa shape index (κ3) is 5.63. The van der Waals surface area contributed by atoms with Crippen molar-refractivity contribution >= 4 is 21.7 Å². The number of hydrogen-bond donors (Lipinski definition) is 0. The van der Waals surface area contributed by atoms with E-state index in [1.165, 1.54) is 33.0 Å². The van der Waals surface area contributed by atoms with Crippen LogP contribution in [0.5, 0.6) is 0 Å². The first kappa shape index (κ1) is 29.5. The molecule has 9 rings (SSSR count). The van der Waals surface area contributed by atoms with Crippen molar-refractivity contribution in [3.63, 3.8) is 0 Å². The minimum absolute atomic E-state index is 0.941. The maximum atomic E-state index is 5.23. The molecule has 0 unspecified atom stereocenters. The molecule has 2 heterocycles. The van der Waals surface area contributed by atoms with E-state index in [0.717, 1.165) is 55.8 Å². The van der Waals surface area contributed by atoms with Crippen LogP contribution < -0.4 is 0 Å². The summed E-state index contributed by atoms with van der Waals surface area (Å²) in [5.41, 5.74) is 14.1. The molecule has 0 aliphatic rings. The number of nitrogens with zero attached hydrogens (tertiary/aromatic N) is 2. The highest BCUT2D eigenvalue weighted by molar-refractivity contribution is 6.14. The normalized spacial score (nSPS) is 11.2. The fraction of sp³-hybridized carbons (Fsp3) is 0. The number of hydrogen-bond acceptors (Lipinski definition) is 2. The van der Waals surface area contributed by atoms with Crippen molar-refractivity contribution in [2.45, 2.75) is 0 Å². The molecule has 2 heteroatoms. The second-order valence-electron chi connectivity index (χ2n) is 12.6. The minimum Gasteiger partial charge on any atom is -0.248 e. The molecule has 0 atom stereocenters. The molecule has 0 saturated heterocycles. The van der Waals surface area contributed by atoms with Crippen LogP contribution in [0.4, 0.5) is 0 Å². The van der Waals surface area contributed by atoms with Gasteiger partial charge in [-0.15, -0.1) is 0 Å². The number of benzene rings is 7. The van der Waals surface area contributed by atoms with Gasteiger partial charge in [0.05, 0.1) is 22.6 Å². The van der Waals surface area contributed by atoms with Crippen LogP contribution >= 0.6 is 0 Å². The number of aromatic nitrogens is 2. The van der Waals surface area contributed by atoms with Crippen LogP contribution in [0.2, 0.25) is 0 Å². The lowest BCUT2D eigenvalue weighted by Crippen LogP contribution is -1.93. The molecule has 2 aromatic heterocycles. The highest BCUT2D eigenvalue weighted by atomic mass is 14.7. The van der Waals surface area contributed by atoms with Gasteiger partial charge in [0.2, 0.25) is 0 Å². The van der Waals surface area contributed by atoms with Gasteiger partial charge < -0.3 is 0 Å². The summed E-state index contributed by atoms with van der Waals surface area (Å²) in [5, 5.41) is 3.51. The summed E-state index contributed by atoms with van der Waals surface area (Å²) in [6, 6.07) is 68.6. The SMILES string of the molecule is c1ccc(-c2cccc(-c3cc(-c4ccc5ccc6nc(-c7ccccc7)cc(-c7ccccc7)c6c5c4)cc(-c4ccccc4)n3)c2)cc1.